The SMILES string of the molecule is [CH]1[CH][CH][C](C[C@@H](c2ccccc2)P(c2ccccc2)c2ccccc2)[CH]1.[CH]1[CH][CH][C](C[C@@H](c2ccccc2)P(c2ccccc2)c2ccccc2)[CH]1.[Fe+2]. The maximum atomic E-state index is 2.29. The van der Waals surface area contributed by atoms with Crippen LogP contribution in [-0.2, 0) is 17.1 Å². The van der Waals surface area contributed by atoms with Gasteiger partial charge in [0.2, 0.25) is 0 Å². The van der Waals surface area contributed by atoms with Crippen molar-refractivity contribution in [2.45, 2.75) is 24.2 Å². The summed E-state index contributed by atoms with van der Waals surface area (Å²) in [6, 6.07) is 66.1. The van der Waals surface area contributed by atoms with Crippen LogP contribution in [0.2, 0.25) is 0 Å². The summed E-state index contributed by atoms with van der Waals surface area (Å²) in [5.41, 5.74) is 3.76. The van der Waals surface area contributed by atoms with Crippen molar-refractivity contribution in [1.29, 1.82) is 0 Å². The van der Waals surface area contributed by atoms with Crippen molar-refractivity contribution in [2.24, 2.45) is 0 Å². The fourth-order valence-electron chi connectivity index (χ4n) is 6.99. The molecule has 2 atom stereocenters. The first-order valence-electron chi connectivity index (χ1n) is 18.1. The molecule has 0 aliphatic heterocycles. The normalized spacial score (nSPS) is 15.7. The van der Waals surface area contributed by atoms with Crippen molar-refractivity contribution in [1.82, 2.24) is 0 Å². The van der Waals surface area contributed by atoms with Crippen LogP contribution in [0.3, 0.4) is 0 Å². The zero-order chi connectivity index (χ0) is 35.2. The second-order valence-electron chi connectivity index (χ2n) is 12.9. The third kappa shape index (κ3) is 10.9. The van der Waals surface area contributed by atoms with Crippen molar-refractivity contribution >= 4 is 37.1 Å². The Morgan fingerprint density at radius 2 is 0.528 bits per heavy atom. The van der Waals surface area contributed by atoms with E-state index in [-0.39, 0.29) is 17.1 Å². The molecule has 0 unspecified atom stereocenters. The number of hydrogen-bond donors (Lipinski definition) is 0. The van der Waals surface area contributed by atoms with Gasteiger partial charge in [-0.1, -0.05) is 182 Å². The first kappa shape index (κ1) is 39.4. The summed E-state index contributed by atoms with van der Waals surface area (Å²) >= 11 is 0. The monoisotopic (exact) mass is 762 g/mol. The maximum absolute atomic E-state index is 2.29. The topological polar surface area (TPSA) is 0 Å². The Balaban J connectivity index is 0.000000178. The van der Waals surface area contributed by atoms with E-state index in [9.17, 15) is 0 Å². The Kier molecular flexibility index (Phi) is 15.6. The van der Waals surface area contributed by atoms with Gasteiger partial charge in [-0.05, 0) is 124 Å². The summed E-state index contributed by atoms with van der Waals surface area (Å²) in [6.07, 6.45) is 19.7. The third-order valence-corrected chi connectivity index (χ3v) is 15.1. The van der Waals surface area contributed by atoms with E-state index in [2.05, 4.69) is 233 Å². The van der Waals surface area contributed by atoms with Gasteiger partial charge in [0.05, 0.1) is 0 Å². The first-order valence-corrected chi connectivity index (χ1v) is 21.0. The van der Waals surface area contributed by atoms with Gasteiger partial charge in [-0.15, -0.1) is 0 Å². The molecule has 260 valence electrons. The van der Waals surface area contributed by atoms with E-state index in [1.807, 2.05) is 0 Å². The molecule has 0 saturated heterocycles. The van der Waals surface area contributed by atoms with Crippen molar-refractivity contribution in [3.8, 4) is 0 Å². The molecule has 0 nitrogen and oxygen atoms in total. The third-order valence-electron chi connectivity index (χ3n) is 9.45. The molecular formula is C50H44FeP2+2. The molecule has 2 fully saturated rings. The van der Waals surface area contributed by atoms with Crippen LogP contribution in [0.25, 0.3) is 0 Å². The Hall–Kier alpha value is -3.30. The average Bonchev–Trinajstić information content (AvgIpc) is 3.95. The van der Waals surface area contributed by atoms with Crippen molar-refractivity contribution < 1.29 is 17.1 Å². The first-order chi connectivity index (χ1) is 25.8. The molecule has 8 rings (SSSR count). The van der Waals surface area contributed by atoms with Crippen LogP contribution >= 0.6 is 15.8 Å². The van der Waals surface area contributed by atoms with E-state index in [0.717, 1.165) is 12.8 Å². The van der Waals surface area contributed by atoms with Gasteiger partial charge >= 0.3 is 17.1 Å². The second-order valence-corrected chi connectivity index (χ2v) is 17.7. The smallest absolute Gasteiger partial charge is 0.0622 e. The summed E-state index contributed by atoms with van der Waals surface area (Å²) in [6.45, 7) is 0. The van der Waals surface area contributed by atoms with E-state index < -0.39 is 15.8 Å². The van der Waals surface area contributed by atoms with Gasteiger partial charge < -0.3 is 0 Å². The molecule has 6 aromatic carbocycles. The molecule has 2 aliphatic rings. The largest absolute Gasteiger partial charge is 2.00 e. The zero-order valence-electron chi connectivity index (χ0n) is 29.8. The van der Waals surface area contributed by atoms with E-state index in [0.29, 0.717) is 11.3 Å². The molecule has 2 aliphatic carbocycles. The van der Waals surface area contributed by atoms with Gasteiger partial charge in [0.25, 0.3) is 0 Å². The van der Waals surface area contributed by atoms with Crippen molar-refractivity contribution in [2.75, 3.05) is 0 Å². The fourth-order valence-corrected chi connectivity index (χ4v) is 12.7. The van der Waals surface area contributed by atoms with Gasteiger partial charge in [-0.25, -0.2) is 0 Å². The molecule has 6 aromatic rings. The number of hydrogen-bond acceptors (Lipinski definition) is 0. The average molecular weight is 763 g/mol. The molecule has 2 saturated carbocycles. The second kappa shape index (κ2) is 21.0. The Bertz CT molecular complexity index is 1620. The Morgan fingerprint density at radius 1 is 0.302 bits per heavy atom. The molecule has 0 aromatic heterocycles. The van der Waals surface area contributed by atoms with Crippen molar-refractivity contribution in [3.05, 3.63) is 256 Å². The molecule has 0 bridgehead atoms. The summed E-state index contributed by atoms with van der Waals surface area (Å²) in [4.78, 5) is 0. The van der Waals surface area contributed by atoms with Crippen LogP contribution in [0, 0.1) is 63.2 Å². The van der Waals surface area contributed by atoms with Crippen LogP contribution in [0.1, 0.15) is 35.3 Å². The molecule has 0 N–H and O–H groups in total. The van der Waals surface area contributed by atoms with Crippen molar-refractivity contribution in [3.63, 3.8) is 0 Å². The number of rotatable bonds is 12. The quantitative estimate of drug-likeness (QED) is 0.0860. The standard InChI is InChI=1S/2C25H22P.Fe/c2*1-4-14-22(15-5-1)25(20-21-12-10-11-13-21)26(23-16-6-2-7-17-23)24-18-8-3-9-19-24;/h2*1-19,25H,20H2;/q;;+2/t2*25-;/m00./s1. The Labute approximate surface area is 332 Å². The van der Waals surface area contributed by atoms with Gasteiger partial charge in [0.1, 0.15) is 0 Å². The van der Waals surface area contributed by atoms with Gasteiger partial charge in [0, 0.05) is 11.3 Å². The minimum absolute atomic E-state index is 0. The molecule has 0 amide bonds. The molecule has 53 heavy (non-hydrogen) atoms. The molecule has 3 heteroatoms. The summed E-state index contributed by atoms with van der Waals surface area (Å²) in [5.74, 6) is 2.83. The minimum Gasteiger partial charge on any atom is -0.0622 e. The van der Waals surface area contributed by atoms with Crippen LogP contribution in [0.15, 0.2) is 182 Å². The predicted molar refractivity (Wildman–Crippen MR) is 227 cm³/mol. The Morgan fingerprint density at radius 3 is 0.774 bits per heavy atom. The van der Waals surface area contributed by atoms with Crippen LogP contribution in [0.4, 0.5) is 0 Å². The van der Waals surface area contributed by atoms with Crippen LogP contribution in [0.5, 0.6) is 0 Å². The summed E-state index contributed by atoms with van der Waals surface area (Å²) < 4.78 is 0. The minimum atomic E-state index is -0.495. The van der Waals surface area contributed by atoms with Crippen LogP contribution < -0.4 is 21.2 Å². The number of benzene rings is 6. The fraction of sp³-hybridized carbons (Fsp3) is 0.0800. The summed E-state index contributed by atoms with van der Waals surface area (Å²) in [5, 5.41) is 5.76. The summed E-state index contributed by atoms with van der Waals surface area (Å²) in [7, 11) is -0.991. The molecule has 0 spiro atoms. The molecule has 0 heterocycles. The van der Waals surface area contributed by atoms with E-state index in [1.165, 1.54) is 44.2 Å². The zero-order valence-corrected chi connectivity index (χ0v) is 32.6. The van der Waals surface area contributed by atoms with E-state index >= 15 is 0 Å². The van der Waals surface area contributed by atoms with Gasteiger partial charge in [0.15, 0.2) is 0 Å². The predicted octanol–water partition coefficient (Wildman–Crippen LogP) is 11.3. The van der Waals surface area contributed by atoms with Gasteiger partial charge in [-0.3, -0.25) is 0 Å². The van der Waals surface area contributed by atoms with E-state index in [1.54, 1.807) is 0 Å². The van der Waals surface area contributed by atoms with Gasteiger partial charge in [-0.2, -0.15) is 0 Å². The van der Waals surface area contributed by atoms with E-state index in [4.69, 9.17) is 0 Å². The molecule has 10 radical (unpaired) electrons. The maximum Gasteiger partial charge on any atom is 2.00 e. The van der Waals surface area contributed by atoms with Crippen LogP contribution in [-0.4, -0.2) is 0 Å². The molecular weight excluding hydrogens is 718 g/mol.